The van der Waals surface area contributed by atoms with E-state index >= 15 is 0 Å². The van der Waals surface area contributed by atoms with Crippen molar-refractivity contribution >= 4 is 49.8 Å². The molecule has 2 heteroatoms. The van der Waals surface area contributed by atoms with Crippen LogP contribution in [0.2, 0.25) is 0 Å². The minimum Gasteiger partial charge on any atom is -0.456 e. The van der Waals surface area contributed by atoms with Gasteiger partial charge >= 0.3 is 0 Å². The zero-order valence-electron chi connectivity index (χ0n) is 25.8. The lowest BCUT2D eigenvalue weighted by Gasteiger charge is -2.61. The lowest BCUT2D eigenvalue weighted by molar-refractivity contribution is -0.0399. The van der Waals surface area contributed by atoms with Crippen molar-refractivity contribution in [2.75, 3.05) is 4.90 Å². The quantitative estimate of drug-likeness (QED) is 0.203. The molecule has 5 aliphatic carbocycles. The molecule has 0 amide bonds. The third kappa shape index (κ3) is 3.27. The van der Waals surface area contributed by atoms with E-state index in [9.17, 15) is 0 Å². The van der Waals surface area contributed by atoms with E-state index in [1.165, 1.54) is 70.8 Å². The van der Waals surface area contributed by atoms with E-state index in [1.54, 1.807) is 11.1 Å². The summed E-state index contributed by atoms with van der Waals surface area (Å²) < 4.78 is 6.46. The molecule has 6 aromatic carbocycles. The second-order valence-corrected chi connectivity index (χ2v) is 14.6. The van der Waals surface area contributed by atoms with E-state index in [1.807, 2.05) is 0 Å². The van der Waals surface area contributed by atoms with Crippen LogP contribution in [0, 0.1) is 23.7 Å². The van der Waals surface area contributed by atoms with E-state index in [4.69, 9.17) is 4.42 Å². The molecule has 4 fully saturated rings. The average Bonchev–Trinajstić information content (AvgIpc) is 3.61. The summed E-state index contributed by atoms with van der Waals surface area (Å²) in [4.78, 5) is 2.50. The highest BCUT2D eigenvalue weighted by molar-refractivity contribution is 6.06. The standard InChI is InChI=1S/C44H35NO/c1-2-9-30-25-33(17-16-29(30)8-1)45(34-18-19-36-35-10-4-6-15-41(35)46-42(36)26-34)40-14-7-13-39-43(40)37-11-3-5-12-38(37)44(39)31-21-27-20-28(23-31)24-32(44)22-27/h1-19,25-28,31-32H,20-24H2. The van der Waals surface area contributed by atoms with Gasteiger partial charge in [0.1, 0.15) is 11.2 Å². The van der Waals surface area contributed by atoms with Gasteiger partial charge in [-0.3, -0.25) is 0 Å². The SMILES string of the molecule is c1ccc2c(c1)-c1c(N(c3ccc4ccccc4c3)c3ccc4c(c3)oc3ccccc34)cccc1C21C2CC3CC(C2)CC1C3. The first-order chi connectivity index (χ1) is 22.8. The summed E-state index contributed by atoms with van der Waals surface area (Å²) in [5.41, 5.74) is 11.6. The van der Waals surface area contributed by atoms with Crippen LogP contribution >= 0.6 is 0 Å². The van der Waals surface area contributed by atoms with Crippen LogP contribution in [-0.2, 0) is 5.41 Å². The Morgan fingerprint density at radius 1 is 0.522 bits per heavy atom. The van der Waals surface area contributed by atoms with Crippen LogP contribution in [0.1, 0.15) is 43.2 Å². The van der Waals surface area contributed by atoms with E-state index in [0.717, 1.165) is 45.9 Å². The van der Waals surface area contributed by atoms with Gasteiger partial charge in [-0.05, 0) is 120 Å². The topological polar surface area (TPSA) is 16.4 Å². The fourth-order valence-corrected chi connectivity index (χ4v) is 11.0. The van der Waals surface area contributed by atoms with Crippen LogP contribution in [-0.4, -0.2) is 0 Å². The van der Waals surface area contributed by atoms with Crippen LogP contribution in [0.3, 0.4) is 0 Å². The first-order valence-electron chi connectivity index (χ1n) is 17.2. The fourth-order valence-electron chi connectivity index (χ4n) is 11.0. The minimum atomic E-state index is 0.132. The number of hydrogen-bond acceptors (Lipinski definition) is 2. The van der Waals surface area contributed by atoms with Gasteiger partial charge in [-0.15, -0.1) is 0 Å². The maximum absolute atomic E-state index is 6.46. The molecule has 0 aliphatic heterocycles. The van der Waals surface area contributed by atoms with Crippen LogP contribution in [0.15, 0.2) is 132 Å². The molecule has 4 bridgehead atoms. The third-order valence-corrected chi connectivity index (χ3v) is 12.4. The molecule has 0 N–H and O–H groups in total. The van der Waals surface area contributed by atoms with Crippen molar-refractivity contribution in [3.05, 3.63) is 139 Å². The molecule has 5 aliphatic rings. The molecule has 0 atom stereocenters. The number of fused-ring (bicyclic) bond motifs is 7. The Balaban J connectivity index is 1.19. The zero-order valence-corrected chi connectivity index (χ0v) is 25.8. The van der Waals surface area contributed by atoms with Gasteiger partial charge in [0.25, 0.3) is 0 Å². The molecule has 0 saturated heterocycles. The van der Waals surface area contributed by atoms with Crippen molar-refractivity contribution < 1.29 is 4.42 Å². The molecule has 46 heavy (non-hydrogen) atoms. The van der Waals surface area contributed by atoms with Crippen LogP contribution < -0.4 is 4.90 Å². The molecule has 1 heterocycles. The molecule has 1 aromatic heterocycles. The number of benzene rings is 6. The lowest BCUT2D eigenvalue weighted by Crippen LogP contribution is -2.55. The summed E-state index contributed by atoms with van der Waals surface area (Å²) in [7, 11) is 0. The van der Waals surface area contributed by atoms with Crippen LogP contribution in [0.4, 0.5) is 17.1 Å². The summed E-state index contributed by atoms with van der Waals surface area (Å²) in [6.07, 6.45) is 7.03. The van der Waals surface area contributed by atoms with Crippen molar-refractivity contribution in [3.8, 4) is 11.1 Å². The summed E-state index contributed by atoms with van der Waals surface area (Å²) in [6.45, 7) is 0. The van der Waals surface area contributed by atoms with Gasteiger partial charge in [-0.1, -0.05) is 84.9 Å². The van der Waals surface area contributed by atoms with E-state index < -0.39 is 0 Å². The highest BCUT2D eigenvalue weighted by atomic mass is 16.3. The Morgan fingerprint density at radius 3 is 2.07 bits per heavy atom. The van der Waals surface area contributed by atoms with Crippen molar-refractivity contribution in [1.29, 1.82) is 0 Å². The summed E-state index contributed by atoms with van der Waals surface area (Å²) >= 11 is 0. The van der Waals surface area contributed by atoms with Gasteiger partial charge in [0, 0.05) is 39.2 Å². The Labute approximate surface area is 269 Å². The number of hydrogen-bond donors (Lipinski definition) is 0. The predicted molar refractivity (Wildman–Crippen MR) is 189 cm³/mol. The highest BCUT2D eigenvalue weighted by Crippen LogP contribution is 2.70. The van der Waals surface area contributed by atoms with Gasteiger partial charge < -0.3 is 9.32 Å². The molecule has 0 radical (unpaired) electrons. The normalized spacial score (nSPS) is 25.5. The number of furan rings is 1. The van der Waals surface area contributed by atoms with E-state index in [2.05, 4.69) is 132 Å². The van der Waals surface area contributed by atoms with Crippen molar-refractivity contribution in [1.82, 2.24) is 0 Å². The Hall–Kier alpha value is -4.82. The van der Waals surface area contributed by atoms with Gasteiger partial charge in [-0.2, -0.15) is 0 Å². The first kappa shape index (κ1) is 25.4. The molecule has 0 unspecified atom stereocenters. The molecule has 7 aromatic rings. The largest absolute Gasteiger partial charge is 0.456 e. The minimum absolute atomic E-state index is 0.132. The van der Waals surface area contributed by atoms with E-state index in [0.29, 0.717) is 0 Å². The lowest BCUT2D eigenvalue weighted by atomic mass is 9.43. The molecule has 12 rings (SSSR count). The summed E-state index contributed by atoms with van der Waals surface area (Å²) in [5, 5.41) is 4.84. The molecule has 1 spiro atoms. The van der Waals surface area contributed by atoms with Crippen molar-refractivity contribution in [2.45, 2.75) is 37.5 Å². The van der Waals surface area contributed by atoms with Gasteiger partial charge in [0.05, 0.1) is 5.69 Å². The second kappa shape index (κ2) is 9.13. The van der Waals surface area contributed by atoms with Gasteiger partial charge in [0.15, 0.2) is 0 Å². The average molecular weight is 594 g/mol. The zero-order chi connectivity index (χ0) is 30.0. The number of nitrogens with zero attached hydrogens (tertiary/aromatic N) is 1. The first-order valence-corrected chi connectivity index (χ1v) is 17.2. The highest BCUT2D eigenvalue weighted by Gasteiger charge is 2.61. The number of rotatable bonds is 3. The Bertz CT molecular complexity index is 2330. The van der Waals surface area contributed by atoms with Crippen molar-refractivity contribution in [2.24, 2.45) is 23.7 Å². The van der Waals surface area contributed by atoms with Gasteiger partial charge in [0.2, 0.25) is 0 Å². The smallest absolute Gasteiger partial charge is 0.137 e. The number of anilines is 3. The Kier molecular flexibility index (Phi) is 5.04. The summed E-state index contributed by atoms with van der Waals surface area (Å²) in [6, 6.07) is 47.5. The predicted octanol–water partition coefficient (Wildman–Crippen LogP) is 11.9. The molecular weight excluding hydrogens is 558 g/mol. The van der Waals surface area contributed by atoms with Crippen LogP contribution in [0.5, 0.6) is 0 Å². The molecule has 222 valence electrons. The monoisotopic (exact) mass is 593 g/mol. The molecular formula is C44H35NO. The van der Waals surface area contributed by atoms with Crippen molar-refractivity contribution in [3.63, 3.8) is 0 Å². The maximum atomic E-state index is 6.46. The maximum Gasteiger partial charge on any atom is 0.137 e. The Morgan fingerprint density at radius 2 is 1.20 bits per heavy atom. The van der Waals surface area contributed by atoms with Crippen LogP contribution in [0.25, 0.3) is 43.8 Å². The van der Waals surface area contributed by atoms with Gasteiger partial charge in [-0.25, -0.2) is 0 Å². The van der Waals surface area contributed by atoms with E-state index in [-0.39, 0.29) is 5.41 Å². The number of para-hydroxylation sites is 1. The second-order valence-electron chi connectivity index (χ2n) is 14.6. The summed E-state index contributed by atoms with van der Waals surface area (Å²) in [5.74, 6) is 3.33. The molecule has 2 nitrogen and oxygen atoms in total. The molecule has 4 saturated carbocycles. The third-order valence-electron chi connectivity index (χ3n) is 12.4. The fraction of sp³-hybridized carbons (Fsp3) is 0.227.